The first-order valence-electron chi connectivity index (χ1n) is 11.1. The van der Waals surface area contributed by atoms with Gasteiger partial charge in [0.1, 0.15) is 0 Å². The molecule has 7 rings (SSSR count). The van der Waals surface area contributed by atoms with Crippen LogP contribution in [0.1, 0.15) is 39.7 Å². The van der Waals surface area contributed by atoms with Crippen LogP contribution in [-0.2, 0) is 9.59 Å². The van der Waals surface area contributed by atoms with E-state index in [0.717, 1.165) is 27.3 Å². The van der Waals surface area contributed by atoms with Crippen molar-refractivity contribution in [1.82, 2.24) is 5.01 Å². The zero-order valence-corrected chi connectivity index (χ0v) is 19.3. The molecule has 1 fully saturated rings. The molecule has 3 aliphatic carbocycles. The maximum atomic E-state index is 13.6. The fourth-order valence-electron chi connectivity index (χ4n) is 5.86. The molecule has 0 N–H and O–H groups in total. The van der Waals surface area contributed by atoms with Crippen LogP contribution >= 0.6 is 11.6 Å². The highest BCUT2D eigenvalue weighted by molar-refractivity contribution is 6.33. The van der Waals surface area contributed by atoms with Crippen LogP contribution in [0.3, 0.4) is 0 Å². The number of hydrogen-bond donors (Lipinski definition) is 0. The second-order valence-corrected chi connectivity index (χ2v) is 9.13. The third-order valence-electron chi connectivity index (χ3n) is 7.24. The summed E-state index contributed by atoms with van der Waals surface area (Å²) in [7, 11) is 3.05. The van der Waals surface area contributed by atoms with Gasteiger partial charge in [0.15, 0.2) is 11.5 Å². The van der Waals surface area contributed by atoms with Crippen molar-refractivity contribution in [3.05, 3.63) is 93.5 Å². The Kier molecular flexibility index (Phi) is 4.74. The van der Waals surface area contributed by atoms with Gasteiger partial charge in [-0.1, -0.05) is 60.1 Å². The predicted octanol–water partition coefficient (Wildman–Crippen LogP) is 4.58. The molecule has 0 saturated carbocycles. The van der Waals surface area contributed by atoms with Crippen molar-refractivity contribution in [3.8, 4) is 11.5 Å². The molecule has 3 aromatic rings. The molecular formula is C27H21ClN2O4. The lowest BCUT2D eigenvalue weighted by molar-refractivity contribution is -0.139. The topological polar surface area (TPSA) is 68.2 Å². The van der Waals surface area contributed by atoms with E-state index in [4.69, 9.17) is 21.1 Å². The van der Waals surface area contributed by atoms with E-state index in [1.165, 1.54) is 20.4 Å². The van der Waals surface area contributed by atoms with E-state index in [1.54, 1.807) is 12.1 Å². The van der Waals surface area contributed by atoms with Gasteiger partial charge in [-0.2, -0.15) is 10.1 Å². The highest BCUT2D eigenvalue weighted by Gasteiger charge is 2.61. The first kappa shape index (κ1) is 20.9. The first-order chi connectivity index (χ1) is 16.5. The largest absolute Gasteiger partial charge is 0.493 e. The number of amides is 2. The van der Waals surface area contributed by atoms with Crippen LogP contribution in [0.25, 0.3) is 0 Å². The van der Waals surface area contributed by atoms with E-state index in [-0.39, 0.29) is 23.7 Å². The number of benzene rings is 3. The maximum Gasteiger partial charge on any atom is 0.254 e. The van der Waals surface area contributed by atoms with Crippen molar-refractivity contribution in [1.29, 1.82) is 0 Å². The van der Waals surface area contributed by atoms with Crippen molar-refractivity contribution in [2.45, 2.75) is 11.8 Å². The quantitative estimate of drug-likeness (QED) is 0.411. The fourth-order valence-corrected chi connectivity index (χ4v) is 6.07. The van der Waals surface area contributed by atoms with Crippen molar-refractivity contribution < 1.29 is 19.1 Å². The summed E-state index contributed by atoms with van der Waals surface area (Å²) in [5, 5.41) is 5.72. The van der Waals surface area contributed by atoms with Gasteiger partial charge in [0.2, 0.25) is 0 Å². The molecule has 2 bridgehead atoms. The second-order valence-electron chi connectivity index (χ2n) is 8.73. The van der Waals surface area contributed by atoms with Crippen LogP contribution in [0.2, 0.25) is 5.02 Å². The maximum absolute atomic E-state index is 13.6. The molecule has 6 nitrogen and oxygen atoms in total. The summed E-state index contributed by atoms with van der Waals surface area (Å²) in [4.78, 5) is 27.2. The van der Waals surface area contributed by atoms with Gasteiger partial charge in [0.25, 0.3) is 11.8 Å². The van der Waals surface area contributed by atoms with Gasteiger partial charge in [-0.25, -0.2) is 0 Å². The molecule has 0 aromatic heterocycles. The Morgan fingerprint density at radius 1 is 0.794 bits per heavy atom. The fraction of sp³-hybridized carbons (Fsp3) is 0.222. The Morgan fingerprint density at radius 2 is 1.24 bits per heavy atom. The Balaban J connectivity index is 1.41. The van der Waals surface area contributed by atoms with Crippen molar-refractivity contribution in [2.24, 2.45) is 16.9 Å². The molecule has 2 amide bonds. The Bertz CT molecular complexity index is 1270. The number of halogens is 1. The van der Waals surface area contributed by atoms with E-state index in [9.17, 15) is 9.59 Å². The molecule has 0 radical (unpaired) electrons. The first-order valence-corrected chi connectivity index (χ1v) is 11.4. The third kappa shape index (κ3) is 2.78. The zero-order chi connectivity index (χ0) is 23.6. The van der Waals surface area contributed by atoms with Crippen molar-refractivity contribution in [3.63, 3.8) is 0 Å². The molecular weight excluding hydrogens is 452 g/mol. The van der Waals surface area contributed by atoms with Crippen molar-refractivity contribution in [2.75, 3.05) is 14.2 Å². The summed E-state index contributed by atoms with van der Waals surface area (Å²) in [5.41, 5.74) is 5.03. The van der Waals surface area contributed by atoms with Crippen LogP contribution in [-0.4, -0.2) is 37.3 Å². The summed E-state index contributed by atoms with van der Waals surface area (Å²) in [6, 6.07) is 19.6. The number of nitrogens with zero attached hydrogens (tertiary/aromatic N) is 2. The lowest BCUT2D eigenvalue weighted by atomic mass is 9.55. The number of carbonyl (C=O) groups excluding carboxylic acids is 2. The average molecular weight is 473 g/mol. The molecule has 34 heavy (non-hydrogen) atoms. The molecule has 0 spiro atoms. The lowest BCUT2D eigenvalue weighted by Gasteiger charge is -2.45. The number of methoxy groups -OCH3 is 2. The van der Waals surface area contributed by atoms with E-state index in [2.05, 4.69) is 29.4 Å². The molecule has 0 unspecified atom stereocenters. The SMILES string of the molecule is COc1cc(Cl)c(/C=N\N2C(=O)[C@H]3C4c5ccccc5C(c5ccccc54)[C@@H]3C2=O)cc1OC. The van der Waals surface area contributed by atoms with Gasteiger partial charge in [-0.15, -0.1) is 0 Å². The number of ether oxygens (including phenoxy) is 2. The summed E-state index contributed by atoms with van der Waals surface area (Å²) >= 11 is 6.38. The minimum atomic E-state index is -0.472. The van der Waals surface area contributed by atoms with Gasteiger partial charge in [-0.05, 0) is 28.3 Å². The van der Waals surface area contributed by atoms with Gasteiger partial charge >= 0.3 is 0 Å². The molecule has 3 aromatic carbocycles. The zero-order valence-electron chi connectivity index (χ0n) is 18.6. The van der Waals surface area contributed by atoms with Crippen LogP contribution in [0.4, 0.5) is 0 Å². The van der Waals surface area contributed by atoms with Crippen LogP contribution in [0, 0.1) is 11.8 Å². The van der Waals surface area contributed by atoms with Crippen molar-refractivity contribution >= 4 is 29.6 Å². The van der Waals surface area contributed by atoms with Gasteiger partial charge in [0, 0.05) is 23.5 Å². The number of carbonyl (C=O) groups is 2. The minimum Gasteiger partial charge on any atom is -0.493 e. The number of hydrogen-bond acceptors (Lipinski definition) is 5. The van der Waals surface area contributed by atoms with E-state index < -0.39 is 11.8 Å². The molecule has 1 heterocycles. The second kappa shape index (κ2) is 7.71. The highest BCUT2D eigenvalue weighted by Crippen LogP contribution is 2.60. The molecule has 2 atom stereocenters. The Labute approximate surface area is 201 Å². The van der Waals surface area contributed by atoms with Crippen LogP contribution < -0.4 is 9.47 Å². The van der Waals surface area contributed by atoms with Gasteiger partial charge in [-0.3, -0.25) is 9.59 Å². The normalized spacial score (nSPS) is 24.3. The molecule has 170 valence electrons. The summed E-state index contributed by atoms with van der Waals surface area (Å²) in [6.07, 6.45) is 1.43. The summed E-state index contributed by atoms with van der Waals surface area (Å²) in [6.45, 7) is 0. The van der Waals surface area contributed by atoms with Gasteiger partial charge < -0.3 is 9.47 Å². The minimum absolute atomic E-state index is 0.163. The number of imide groups is 1. The van der Waals surface area contributed by atoms with Crippen LogP contribution in [0.5, 0.6) is 11.5 Å². The van der Waals surface area contributed by atoms with E-state index >= 15 is 0 Å². The predicted molar refractivity (Wildman–Crippen MR) is 128 cm³/mol. The van der Waals surface area contributed by atoms with E-state index in [0.29, 0.717) is 22.1 Å². The van der Waals surface area contributed by atoms with Crippen LogP contribution in [0.15, 0.2) is 65.8 Å². The standard InChI is InChI=1S/C27H21ClN2O4/c1-33-20-11-14(19(28)12-21(20)34-2)13-29-30-26(31)24-22-15-7-3-4-8-16(15)23(25(24)27(30)32)18-10-6-5-9-17(18)22/h3-13,22-25H,1-2H3/b29-13-/t22?,23?,24-,25-/m0/s1. The lowest BCUT2D eigenvalue weighted by Crippen LogP contribution is -2.41. The highest BCUT2D eigenvalue weighted by atomic mass is 35.5. The summed E-state index contributed by atoms with van der Waals surface area (Å²) in [5.74, 6) is -0.863. The smallest absolute Gasteiger partial charge is 0.254 e. The monoisotopic (exact) mass is 472 g/mol. The molecule has 1 saturated heterocycles. The Morgan fingerprint density at radius 3 is 1.68 bits per heavy atom. The van der Waals surface area contributed by atoms with Gasteiger partial charge in [0.05, 0.1) is 37.3 Å². The number of hydrazone groups is 1. The molecule has 4 aliphatic rings. The van der Waals surface area contributed by atoms with E-state index in [1.807, 2.05) is 24.3 Å². The molecule has 7 heteroatoms. The summed E-state index contributed by atoms with van der Waals surface area (Å²) < 4.78 is 10.6. The molecule has 1 aliphatic heterocycles. The third-order valence-corrected chi connectivity index (χ3v) is 7.57. The Hall–Kier alpha value is -3.64. The average Bonchev–Trinajstić information content (AvgIpc) is 3.13. The number of rotatable bonds is 4.